The van der Waals surface area contributed by atoms with Gasteiger partial charge in [0.15, 0.2) is 5.96 Å². The number of aliphatic imine (C=N–C) groups is 1. The van der Waals surface area contributed by atoms with Crippen molar-refractivity contribution in [3.8, 4) is 0 Å². The van der Waals surface area contributed by atoms with Crippen molar-refractivity contribution in [1.82, 2.24) is 20.4 Å². The van der Waals surface area contributed by atoms with Crippen molar-refractivity contribution >= 4 is 5.96 Å². The van der Waals surface area contributed by atoms with E-state index in [1.54, 1.807) is 0 Å². The van der Waals surface area contributed by atoms with Gasteiger partial charge in [-0.15, -0.1) is 0 Å². The van der Waals surface area contributed by atoms with Crippen molar-refractivity contribution in [2.45, 2.75) is 46.5 Å². The molecule has 1 aromatic rings. The fourth-order valence-electron chi connectivity index (χ4n) is 2.29. The van der Waals surface area contributed by atoms with Crippen molar-refractivity contribution < 1.29 is 0 Å². The number of hydrogen-bond donors (Lipinski definition) is 2. The van der Waals surface area contributed by atoms with E-state index in [-0.39, 0.29) is 0 Å². The molecule has 0 bridgehead atoms. The predicted molar refractivity (Wildman–Crippen MR) is 85.3 cm³/mol. The zero-order valence-corrected chi connectivity index (χ0v) is 13.6. The van der Waals surface area contributed by atoms with Crippen LogP contribution in [0.15, 0.2) is 4.99 Å². The lowest BCUT2D eigenvalue weighted by Crippen LogP contribution is -2.38. The Bertz CT molecular complexity index is 434. The summed E-state index contributed by atoms with van der Waals surface area (Å²) >= 11 is 0. The SMILES string of the molecule is CCCCCNC(=NC)NCCc1c(C)nn(C)c1C. The van der Waals surface area contributed by atoms with E-state index in [0.29, 0.717) is 0 Å². The summed E-state index contributed by atoms with van der Waals surface area (Å²) in [6.45, 7) is 8.26. The van der Waals surface area contributed by atoms with E-state index in [1.165, 1.54) is 30.5 Å². The zero-order chi connectivity index (χ0) is 15.0. The zero-order valence-electron chi connectivity index (χ0n) is 13.6. The number of aryl methyl sites for hydroxylation is 2. The van der Waals surface area contributed by atoms with Gasteiger partial charge in [0, 0.05) is 32.9 Å². The molecule has 0 amide bonds. The van der Waals surface area contributed by atoms with E-state index in [2.05, 4.69) is 41.5 Å². The lowest BCUT2D eigenvalue weighted by atomic mass is 10.1. The van der Waals surface area contributed by atoms with E-state index in [1.807, 2.05) is 18.8 Å². The summed E-state index contributed by atoms with van der Waals surface area (Å²) in [6, 6.07) is 0. The Morgan fingerprint density at radius 1 is 1.20 bits per heavy atom. The molecule has 0 saturated carbocycles. The summed E-state index contributed by atoms with van der Waals surface area (Å²) in [5, 5.41) is 11.1. The highest BCUT2D eigenvalue weighted by molar-refractivity contribution is 5.79. The first-order valence-electron chi connectivity index (χ1n) is 7.53. The third kappa shape index (κ3) is 4.87. The van der Waals surface area contributed by atoms with Crippen LogP contribution in [0.2, 0.25) is 0 Å². The Morgan fingerprint density at radius 2 is 1.90 bits per heavy atom. The van der Waals surface area contributed by atoms with E-state index >= 15 is 0 Å². The van der Waals surface area contributed by atoms with Gasteiger partial charge in [-0.3, -0.25) is 9.67 Å². The second-order valence-electron chi connectivity index (χ2n) is 5.16. The van der Waals surface area contributed by atoms with Crippen LogP contribution in [-0.4, -0.2) is 35.9 Å². The lowest BCUT2D eigenvalue weighted by Gasteiger charge is -2.11. The van der Waals surface area contributed by atoms with Crippen LogP contribution in [0, 0.1) is 13.8 Å². The number of unbranched alkanes of at least 4 members (excludes halogenated alkanes) is 2. The average Bonchev–Trinajstić information content (AvgIpc) is 2.67. The standard InChI is InChI=1S/C15H29N5/c1-6-7-8-10-17-15(16-4)18-11-9-14-12(2)19-20(5)13(14)3/h6-11H2,1-5H3,(H2,16,17,18). The molecular weight excluding hydrogens is 250 g/mol. The fourth-order valence-corrected chi connectivity index (χ4v) is 2.29. The minimum Gasteiger partial charge on any atom is -0.356 e. The van der Waals surface area contributed by atoms with Crippen LogP contribution in [0.25, 0.3) is 0 Å². The van der Waals surface area contributed by atoms with Gasteiger partial charge in [-0.25, -0.2) is 0 Å². The number of nitrogens with one attached hydrogen (secondary N) is 2. The van der Waals surface area contributed by atoms with E-state index in [4.69, 9.17) is 0 Å². The third-order valence-corrected chi connectivity index (χ3v) is 3.62. The summed E-state index contributed by atoms with van der Waals surface area (Å²) in [4.78, 5) is 4.24. The number of hydrogen-bond acceptors (Lipinski definition) is 2. The van der Waals surface area contributed by atoms with Crippen LogP contribution in [0.1, 0.15) is 43.1 Å². The van der Waals surface area contributed by atoms with Crippen molar-refractivity contribution in [2.24, 2.45) is 12.0 Å². The first-order chi connectivity index (χ1) is 9.60. The van der Waals surface area contributed by atoms with Crippen LogP contribution < -0.4 is 10.6 Å². The average molecular weight is 279 g/mol. The molecule has 1 rings (SSSR count). The maximum absolute atomic E-state index is 4.44. The minimum atomic E-state index is 0.876. The van der Waals surface area contributed by atoms with Crippen LogP contribution in [-0.2, 0) is 13.5 Å². The highest BCUT2D eigenvalue weighted by Gasteiger charge is 2.08. The Hall–Kier alpha value is -1.52. The van der Waals surface area contributed by atoms with Crippen molar-refractivity contribution in [3.63, 3.8) is 0 Å². The molecule has 0 fully saturated rings. The molecule has 0 saturated heterocycles. The molecule has 0 aromatic carbocycles. The second-order valence-corrected chi connectivity index (χ2v) is 5.16. The normalized spacial score (nSPS) is 11.8. The van der Waals surface area contributed by atoms with Crippen LogP contribution in [0.5, 0.6) is 0 Å². The summed E-state index contributed by atoms with van der Waals surface area (Å²) in [5.74, 6) is 0.889. The Kier molecular flexibility index (Phi) is 7.12. The van der Waals surface area contributed by atoms with Gasteiger partial charge in [0.25, 0.3) is 0 Å². The topological polar surface area (TPSA) is 54.2 Å². The molecule has 1 aromatic heterocycles. The molecule has 0 aliphatic heterocycles. The molecule has 20 heavy (non-hydrogen) atoms. The molecule has 0 spiro atoms. The molecule has 0 radical (unpaired) electrons. The van der Waals surface area contributed by atoms with Crippen LogP contribution in [0.4, 0.5) is 0 Å². The summed E-state index contributed by atoms with van der Waals surface area (Å²) in [5.41, 5.74) is 3.70. The first kappa shape index (κ1) is 16.5. The lowest BCUT2D eigenvalue weighted by molar-refractivity contribution is 0.682. The van der Waals surface area contributed by atoms with Gasteiger partial charge in [-0.2, -0.15) is 5.10 Å². The van der Waals surface area contributed by atoms with Crippen molar-refractivity contribution in [1.29, 1.82) is 0 Å². The molecule has 5 heteroatoms. The fraction of sp³-hybridized carbons (Fsp3) is 0.733. The Labute approximate surface area is 122 Å². The van der Waals surface area contributed by atoms with Crippen LogP contribution in [0.3, 0.4) is 0 Å². The molecule has 5 nitrogen and oxygen atoms in total. The Balaban J connectivity index is 2.34. The number of rotatable bonds is 7. The monoisotopic (exact) mass is 279 g/mol. The summed E-state index contributed by atoms with van der Waals surface area (Å²) in [7, 11) is 3.81. The van der Waals surface area contributed by atoms with E-state index in [9.17, 15) is 0 Å². The molecule has 114 valence electrons. The first-order valence-corrected chi connectivity index (χ1v) is 7.53. The van der Waals surface area contributed by atoms with Gasteiger partial charge < -0.3 is 10.6 Å². The number of nitrogens with zero attached hydrogens (tertiary/aromatic N) is 3. The molecular formula is C15H29N5. The maximum atomic E-state index is 4.44. The van der Waals surface area contributed by atoms with Crippen molar-refractivity contribution in [2.75, 3.05) is 20.1 Å². The summed E-state index contributed by atoms with van der Waals surface area (Å²) < 4.78 is 1.95. The third-order valence-electron chi connectivity index (χ3n) is 3.62. The summed E-state index contributed by atoms with van der Waals surface area (Å²) in [6.07, 6.45) is 4.67. The largest absolute Gasteiger partial charge is 0.356 e. The molecule has 1 heterocycles. The van der Waals surface area contributed by atoms with Gasteiger partial charge in [0.2, 0.25) is 0 Å². The van der Waals surface area contributed by atoms with Crippen LogP contribution >= 0.6 is 0 Å². The molecule has 2 N–H and O–H groups in total. The number of guanidine groups is 1. The van der Waals surface area contributed by atoms with Gasteiger partial charge in [-0.05, 0) is 32.3 Å². The predicted octanol–water partition coefficient (Wildman–Crippen LogP) is 1.93. The van der Waals surface area contributed by atoms with Crippen molar-refractivity contribution in [3.05, 3.63) is 17.0 Å². The second kappa shape index (κ2) is 8.61. The smallest absolute Gasteiger partial charge is 0.190 e. The quantitative estimate of drug-likeness (QED) is 0.455. The minimum absolute atomic E-state index is 0.876. The van der Waals surface area contributed by atoms with E-state index in [0.717, 1.165) is 31.2 Å². The molecule has 0 aliphatic carbocycles. The van der Waals surface area contributed by atoms with Gasteiger partial charge in [0.05, 0.1) is 5.69 Å². The molecule has 0 unspecified atom stereocenters. The maximum Gasteiger partial charge on any atom is 0.190 e. The van der Waals surface area contributed by atoms with Gasteiger partial charge in [-0.1, -0.05) is 19.8 Å². The highest BCUT2D eigenvalue weighted by atomic mass is 15.3. The van der Waals surface area contributed by atoms with E-state index < -0.39 is 0 Å². The molecule has 0 atom stereocenters. The number of aromatic nitrogens is 2. The van der Waals surface area contributed by atoms with Gasteiger partial charge in [0.1, 0.15) is 0 Å². The van der Waals surface area contributed by atoms with Gasteiger partial charge >= 0.3 is 0 Å². The highest BCUT2D eigenvalue weighted by Crippen LogP contribution is 2.11. The Morgan fingerprint density at radius 3 is 2.45 bits per heavy atom. The molecule has 0 aliphatic rings.